The molecule has 7 heteroatoms. The minimum absolute atomic E-state index is 0.271. The Morgan fingerprint density at radius 1 is 1.15 bits per heavy atom. The maximum absolute atomic E-state index is 13.7. The lowest BCUT2D eigenvalue weighted by atomic mass is 10.1. The number of amides is 1. The van der Waals surface area contributed by atoms with Crippen molar-refractivity contribution < 1.29 is 9.18 Å². The topological polar surface area (TPSA) is 75.6 Å². The van der Waals surface area contributed by atoms with E-state index in [1.54, 1.807) is 23.1 Å². The van der Waals surface area contributed by atoms with Crippen LogP contribution in [0.5, 0.6) is 0 Å². The van der Waals surface area contributed by atoms with E-state index in [1.807, 2.05) is 24.3 Å². The normalized spacial score (nSPS) is 11.0. The molecule has 130 valence electrons. The van der Waals surface area contributed by atoms with Crippen molar-refractivity contribution in [3.63, 3.8) is 0 Å². The van der Waals surface area contributed by atoms with Crippen LogP contribution in [-0.4, -0.2) is 25.7 Å². The van der Waals surface area contributed by atoms with E-state index in [0.29, 0.717) is 29.7 Å². The van der Waals surface area contributed by atoms with Gasteiger partial charge in [-0.1, -0.05) is 30.3 Å². The van der Waals surface area contributed by atoms with Crippen LogP contribution in [0.25, 0.3) is 10.9 Å². The standard InChI is InChI=1S/C19H16FN5O/c20-16-2-1-3-17-15(16)8-18(24-17)19(26)22-9-13-4-6-14(7-5-13)10-25-12-21-11-23-25/h1-8,11-12,24H,9-10H2,(H,22,26). The predicted octanol–water partition coefficient (Wildman–Crippen LogP) is 2.88. The summed E-state index contributed by atoms with van der Waals surface area (Å²) in [5.41, 5.74) is 3.01. The van der Waals surface area contributed by atoms with E-state index in [2.05, 4.69) is 20.4 Å². The van der Waals surface area contributed by atoms with Crippen molar-refractivity contribution in [1.29, 1.82) is 0 Å². The maximum Gasteiger partial charge on any atom is 0.267 e. The number of H-pyrrole nitrogens is 1. The minimum atomic E-state index is -0.347. The summed E-state index contributed by atoms with van der Waals surface area (Å²) in [6, 6.07) is 14.1. The highest BCUT2D eigenvalue weighted by Crippen LogP contribution is 2.18. The number of halogens is 1. The molecule has 0 aliphatic heterocycles. The van der Waals surface area contributed by atoms with E-state index < -0.39 is 0 Å². The van der Waals surface area contributed by atoms with E-state index in [1.165, 1.54) is 18.5 Å². The van der Waals surface area contributed by atoms with Crippen molar-refractivity contribution in [1.82, 2.24) is 25.1 Å². The van der Waals surface area contributed by atoms with Gasteiger partial charge in [0.2, 0.25) is 0 Å². The molecule has 26 heavy (non-hydrogen) atoms. The molecule has 2 aromatic heterocycles. The highest BCUT2D eigenvalue weighted by molar-refractivity contribution is 5.98. The monoisotopic (exact) mass is 349 g/mol. The first-order valence-electron chi connectivity index (χ1n) is 8.15. The lowest BCUT2D eigenvalue weighted by Gasteiger charge is -2.06. The number of carbonyl (C=O) groups excluding carboxylic acids is 1. The number of carbonyl (C=O) groups is 1. The average molecular weight is 349 g/mol. The molecule has 0 spiro atoms. The van der Waals surface area contributed by atoms with Crippen LogP contribution < -0.4 is 5.32 Å². The van der Waals surface area contributed by atoms with Crippen LogP contribution >= 0.6 is 0 Å². The summed E-state index contributed by atoms with van der Waals surface area (Å²) in [7, 11) is 0. The Bertz CT molecular complexity index is 1040. The van der Waals surface area contributed by atoms with Crippen molar-refractivity contribution in [3.05, 3.63) is 83.8 Å². The molecule has 0 radical (unpaired) electrons. The third-order valence-corrected chi connectivity index (χ3v) is 4.14. The van der Waals surface area contributed by atoms with Crippen molar-refractivity contribution in [2.24, 2.45) is 0 Å². The Labute approximate surface area is 148 Å². The Morgan fingerprint density at radius 2 is 1.96 bits per heavy atom. The Balaban J connectivity index is 1.39. The summed E-state index contributed by atoms with van der Waals surface area (Å²) in [6.45, 7) is 1.04. The number of hydrogen-bond acceptors (Lipinski definition) is 3. The molecule has 4 aromatic rings. The molecule has 2 heterocycles. The molecule has 0 fully saturated rings. The Kier molecular flexibility index (Phi) is 4.18. The van der Waals surface area contributed by atoms with Gasteiger partial charge in [-0.25, -0.2) is 14.1 Å². The number of nitrogens with one attached hydrogen (secondary N) is 2. The second kappa shape index (κ2) is 6.79. The van der Waals surface area contributed by atoms with Gasteiger partial charge in [0.1, 0.15) is 24.2 Å². The second-order valence-corrected chi connectivity index (χ2v) is 5.98. The lowest BCUT2D eigenvalue weighted by molar-refractivity contribution is 0.0947. The van der Waals surface area contributed by atoms with Gasteiger partial charge in [-0.15, -0.1) is 0 Å². The molecule has 0 atom stereocenters. The minimum Gasteiger partial charge on any atom is -0.350 e. The van der Waals surface area contributed by atoms with Crippen LogP contribution in [0, 0.1) is 5.82 Å². The highest BCUT2D eigenvalue weighted by Gasteiger charge is 2.11. The van der Waals surface area contributed by atoms with Crippen molar-refractivity contribution in [2.45, 2.75) is 13.1 Å². The lowest BCUT2D eigenvalue weighted by Crippen LogP contribution is -2.23. The molecule has 2 N–H and O–H groups in total. The van der Waals surface area contributed by atoms with E-state index in [9.17, 15) is 9.18 Å². The van der Waals surface area contributed by atoms with Gasteiger partial charge >= 0.3 is 0 Å². The predicted molar refractivity (Wildman–Crippen MR) is 95.0 cm³/mol. The summed E-state index contributed by atoms with van der Waals surface area (Å²) in [5.74, 6) is -0.618. The first-order valence-corrected chi connectivity index (χ1v) is 8.15. The molecule has 0 unspecified atom stereocenters. The maximum atomic E-state index is 13.7. The molecule has 0 saturated carbocycles. The molecule has 2 aromatic carbocycles. The van der Waals surface area contributed by atoms with Crippen LogP contribution in [0.1, 0.15) is 21.6 Å². The molecule has 0 bridgehead atoms. The SMILES string of the molecule is O=C(NCc1ccc(Cn2cncn2)cc1)c1cc2c(F)cccc2[nH]1. The Morgan fingerprint density at radius 3 is 2.69 bits per heavy atom. The van der Waals surface area contributed by atoms with Crippen molar-refractivity contribution >= 4 is 16.8 Å². The van der Waals surface area contributed by atoms with Crippen LogP contribution in [0.3, 0.4) is 0 Å². The van der Waals surface area contributed by atoms with Gasteiger partial charge in [-0.05, 0) is 29.3 Å². The number of aromatic amines is 1. The number of rotatable bonds is 5. The van der Waals surface area contributed by atoms with Gasteiger partial charge < -0.3 is 10.3 Å². The third-order valence-electron chi connectivity index (χ3n) is 4.14. The fourth-order valence-electron chi connectivity index (χ4n) is 2.78. The molecule has 0 aliphatic rings. The van der Waals surface area contributed by atoms with Crippen molar-refractivity contribution in [3.8, 4) is 0 Å². The summed E-state index contributed by atoms with van der Waals surface area (Å²) in [4.78, 5) is 19.1. The zero-order chi connectivity index (χ0) is 17.9. The van der Waals surface area contributed by atoms with Gasteiger partial charge in [-0.3, -0.25) is 4.79 Å². The van der Waals surface area contributed by atoms with Crippen LogP contribution in [0.4, 0.5) is 4.39 Å². The van der Waals surface area contributed by atoms with Crippen LogP contribution in [0.15, 0.2) is 61.2 Å². The Hall–Kier alpha value is -3.48. The quantitative estimate of drug-likeness (QED) is 0.582. The second-order valence-electron chi connectivity index (χ2n) is 5.98. The van der Waals surface area contributed by atoms with Gasteiger partial charge in [0.25, 0.3) is 5.91 Å². The van der Waals surface area contributed by atoms with Gasteiger partial charge in [0.05, 0.1) is 6.54 Å². The zero-order valence-corrected chi connectivity index (χ0v) is 13.8. The zero-order valence-electron chi connectivity index (χ0n) is 13.8. The summed E-state index contributed by atoms with van der Waals surface area (Å²) in [5, 5.41) is 7.32. The average Bonchev–Trinajstić information content (AvgIpc) is 3.31. The molecular formula is C19H16FN5O. The summed E-state index contributed by atoms with van der Waals surface area (Å²) in [6.07, 6.45) is 3.16. The summed E-state index contributed by atoms with van der Waals surface area (Å²) < 4.78 is 15.5. The molecule has 6 nitrogen and oxygen atoms in total. The highest BCUT2D eigenvalue weighted by atomic mass is 19.1. The fraction of sp³-hybridized carbons (Fsp3) is 0.105. The van der Waals surface area contributed by atoms with Gasteiger partial charge in [0, 0.05) is 17.4 Å². The van der Waals surface area contributed by atoms with E-state index in [0.717, 1.165) is 11.1 Å². The molecule has 4 rings (SSSR count). The van der Waals surface area contributed by atoms with Crippen molar-refractivity contribution in [2.75, 3.05) is 0 Å². The number of fused-ring (bicyclic) bond motifs is 1. The number of nitrogens with zero attached hydrogens (tertiary/aromatic N) is 3. The third kappa shape index (κ3) is 3.32. The van der Waals surface area contributed by atoms with E-state index in [4.69, 9.17) is 0 Å². The molecule has 0 saturated heterocycles. The smallest absolute Gasteiger partial charge is 0.267 e. The number of hydrogen-bond donors (Lipinski definition) is 2. The fourth-order valence-corrected chi connectivity index (χ4v) is 2.78. The summed E-state index contributed by atoms with van der Waals surface area (Å²) >= 11 is 0. The van der Waals surface area contributed by atoms with Crippen LogP contribution in [0.2, 0.25) is 0 Å². The largest absolute Gasteiger partial charge is 0.350 e. The van der Waals surface area contributed by atoms with Gasteiger partial charge in [-0.2, -0.15) is 5.10 Å². The molecule has 0 aliphatic carbocycles. The van der Waals surface area contributed by atoms with E-state index in [-0.39, 0.29) is 11.7 Å². The van der Waals surface area contributed by atoms with Crippen LogP contribution in [-0.2, 0) is 13.1 Å². The number of aromatic nitrogens is 4. The molecule has 1 amide bonds. The number of benzene rings is 2. The first-order chi connectivity index (χ1) is 12.7. The van der Waals surface area contributed by atoms with Gasteiger partial charge in [0.15, 0.2) is 0 Å². The first kappa shape index (κ1) is 16.0. The van der Waals surface area contributed by atoms with E-state index >= 15 is 0 Å². The molecular weight excluding hydrogens is 333 g/mol.